The summed E-state index contributed by atoms with van der Waals surface area (Å²) in [6, 6.07) is 4.47. The third-order valence-corrected chi connectivity index (χ3v) is 6.46. The van der Waals surface area contributed by atoms with E-state index in [4.69, 9.17) is 32.7 Å². The fraction of sp³-hybridized carbons (Fsp3) is 0.400. The fourth-order valence-electron chi connectivity index (χ4n) is 3.99. The highest BCUT2D eigenvalue weighted by atomic mass is 35.5. The van der Waals surface area contributed by atoms with Crippen LogP contribution in [-0.4, -0.2) is 29.9 Å². The second-order valence-electron chi connectivity index (χ2n) is 8.58. The molecule has 32 heavy (non-hydrogen) atoms. The molecule has 0 saturated carbocycles. The van der Waals surface area contributed by atoms with Crippen LogP contribution in [0.2, 0.25) is 10.0 Å². The summed E-state index contributed by atoms with van der Waals surface area (Å²) in [7, 11) is 0. The maximum absolute atomic E-state index is 12.9. The molecular weight excluding hydrogens is 451 g/mol. The van der Waals surface area contributed by atoms with Crippen molar-refractivity contribution in [3.8, 4) is 0 Å². The van der Waals surface area contributed by atoms with Crippen LogP contribution in [0.5, 0.6) is 0 Å². The van der Waals surface area contributed by atoms with Gasteiger partial charge in [0.1, 0.15) is 12.2 Å². The second kappa shape index (κ2) is 10.1. The summed E-state index contributed by atoms with van der Waals surface area (Å²) in [5.41, 5.74) is 1.45. The predicted octanol–water partition coefficient (Wildman–Crippen LogP) is 6.04. The Labute approximate surface area is 198 Å². The van der Waals surface area contributed by atoms with Gasteiger partial charge in [0.15, 0.2) is 5.78 Å². The number of allylic oxidation sites excluding steroid dienone is 4. The van der Waals surface area contributed by atoms with Crippen molar-refractivity contribution in [2.45, 2.75) is 58.7 Å². The molecule has 5 nitrogen and oxygen atoms in total. The molecule has 1 fully saturated rings. The summed E-state index contributed by atoms with van der Waals surface area (Å²) >= 11 is 11.9. The summed E-state index contributed by atoms with van der Waals surface area (Å²) in [5, 5.41) is 0.581. The third kappa shape index (κ3) is 5.51. The minimum absolute atomic E-state index is 0.0422. The number of rotatable bonds is 6. The standard InChI is InChI=1S/C25H26Cl2O5/c1-15(2)5-4-6-16(3)11-22-25(14-23(29)32-22)13-18(8-10-21(25)28)31-24(30)17-7-9-19(26)20(27)12-17/h5,7-12,18,22H,4,6,13-14H2,1-3H3/b16-11+/t18-,22-,25+/m1/s1. The number of hydrogen-bond acceptors (Lipinski definition) is 5. The summed E-state index contributed by atoms with van der Waals surface area (Å²) in [5.74, 6) is -1.21. The molecule has 1 aliphatic heterocycles. The van der Waals surface area contributed by atoms with E-state index in [1.54, 1.807) is 6.08 Å². The fourth-order valence-corrected chi connectivity index (χ4v) is 4.29. The van der Waals surface area contributed by atoms with Crippen LogP contribution in [0.15, 0.2) is 53.6 Å². The van der Waals surface area contributed by atoms with Gasteiger partial charge in [0.25, 0.3) is 0 Å². The number of ketones is 1. The number of ether oxygens (including phenoxy) is 2. The molecule has 1 heterocycles. The Kier molecular flexibility index (Phi) is 7.63. The molecule has 3 rings (SSSR count). The number of cyclic esters (lactones) is 1. The van der Waals surface area contributed by atoms with Crippen LogP contribution in [0.25, 0.3) is 0 Å². The molecule has 3 atom stereocenters. The Morgan fingerprint density at radius 3 is 2.66 bits per heavy atom. The maximum atomic E-state index is 12.9. The van der Waals surface area contributed by atoms with Crippen molar-refractivity contribution in [1.29, 1.82) is 0 Å². The minimum atomic E-state index is -1.08. The Hall–Kier alpha value is -2.37. The van der Waals surface area contributed by atoms with Crippen molar-refractivity contribution in [3.63, 3.8) is 0 Å². The lowest BCUT2D eigenvalue weighted by Crippen LogP contribution is -2.43. The highest BCUT2D eigenvalue weighted by Gasteiger charge is 2.55. The number of esters is 2. The normalized spacial score (nSPS) is 25.1. The van der Waals surface area contributed by atoms with Gasteiger partial charge in [-0.2, -0.15) is 0 Å². The van der Waals surface area contributed by atoms with Crippen LogP contribution in [-0.2, 0) is 19.1 Å². The van der Waals surface area contributed by atoms with Crippen molar-refractivity contribution in [3.05, 3.63) is 69.3 Å². The van der Waals surface area contributed by atoms with E-state index in [2.05, 4.69) is 6.08 Å². The SMILES string of the molecule is CC(C)=CCC/C(C)=C/[C@H]1OC(=O)C[C@]12C[C@H](OC(=O)c1ccc(Cl)c(Cl)c1)C=CC2=O. The van der Waals surface area contributed by atoms with E-state index in [0.29, 0.717) is 5.02 Å². The topological polar surface area (TPSA) is 69.7 Å². The van der Waals surface area contributed by atoms with Gasteiger partial charge < -0.3 is 9.47 Å². The van der Waals surface area contributed by atoms with Gasteiger partial charge in [-0.1, -0.05) is 40.4 Å². The van der Waals surface area contributed by atoms with Gasteiger partial charge >= 0.3 is 11.9 Å². The zero-order valence-corrected chi connectivity index (χ0v) is 19.8. The van der Waals surface area contributed by atoms with E-state index in [9.17, 15) is 14.4 Å². The monoisotopic (exact) mass is 476 g/mol. The highest BCUT2D eigenvalue weighted by molar-refractivity contribution is 6.42. The maximum Gasteiger partial charge on any atom is 0.338 e. The summed E-state index contributed by atoms with van der Waals surface area (Å²) < 4.78 is 11.1. The molecule has 1 aromatic rings. The molecule has 0 aromatic heterocycles. The van der Waals surface area contributed by atoms with E-state index in [1.165, 1.54) is 29.8 Å². The van der Waals surface area contributed by atoms with Gasteiger partial charge in [0.05, 0.1) is 27.4 Å². The number of benzene rings is 1. The Bertz CT molecular complexity index is 1020. The van der Waals surface area contributed by atoms with Crippen LogP contribution in [0, 0.1) is 5.41 Å². The minimum Gasteiger partial charge on any atom is -0.457 e. The molecule has 170 valence electrons. The van der Waals surface area contributed by atoms with Crippen LogP contribution in [0.1, 0.15) is 56.8 Å². The van der Waals surface area contributed by atoms with E-state index < -0.39 is 29.6 Å². The van der Waals surface area contributed by atoms with Crippen LogP contribution in [0.4, 0.5) is 0 Å². The average molecular weight is 477 g/mol. The molecule has 1 aliphatic carbocycles. The van der Waals surface area contributed by atoms with Crippen molar-refractivity contribution < 1.29 is 23.9 Å². The Morgan fingerprint density at radius 1 is 1.22 bits per heavy atom. The smallest absolute Gasteiger partial charge is 0.338 e. The van der Waals surface area contributed by atoms with Crippen molar-refractivity contribution in [2.75, 3.05) is 0 Å². The number of hydrogen-bond donors (Lipinski definition) is 0. The first-order valence-electron chi connectivity index (χ1n) is 10.5. The van der Waals surface area contributed by atoms with E-state index >= 15 is 0 Å². The molecule has 0 amide bonds. The van der Waals surface area contributed by atoms with Crippen LogP contribution >= 0.6 is 23.2 Å². The lowest BCUT2D eigenvalue weighted by molar-refractivity contribution is -0.140. The Morgan fingerprint density at radius 2 is 1.97 bits per heavy atom. The molecule has 0 N–H and O–H groups in total. The number of carbonyl (C=O) groups is 3. The number of halogens is 2. The van der Waals surface area contributed by atoms with E-state index in [0.717, 1.165) is 18.4 Å². The van der Waals surface area contributed by atoms with Crippen molar-refractivity contribution in [1.82, 2.24) is 0 Å². The van der Waals surface area contributed by atoms with Crippen molar-refractivity contribution >= 4 is 40.9 Å². The molecule has 2 aliphatic rings. The quantitative estimate of drug-likeness (QED) is 0.369. The molecular formula is C25H26Cl2O5. The summed E-state index contributed by atoms with van der Waals surface area (Å²) in [6.07, 6.45) is 7.37. The van der Waals surface area contributed by atoms with Crippen LogP contribution in [0.3, 0.4) is 0 Å². The van der Waals surface area contributed by atoms with Gasteiger partial charge in [-0.3, -0.25) is 9.59 Å². The van der Waals surface area contributed by atoms with Gasteiger partial charge in [0.2, 0.25) is 0 Å². The van der Waals surface area contributed by atoms with Gasteiger partial charge in [-0.25, -0.2) is 4.79 Å². The zero-order valence-electron chi connectivity index (χ0n) is 18.3. The third-order valence-electron chi connectivity index (χ3n) is 5.72. The number of carbonyl (C=O) groups excluding carboxylic acids is 3. The molecule has 0 bridgehead atoms. The Balaban J connectivity index is 1.77. The molecule has 1 saturated heterocycles. The summed E-state index contributed by atoms with van der Waals surface area (Å²) in [6.45, 7) is 6.04. The van der Waals surface area contributed by atoms with Gasteiger partial charge in [-0.15, -0.1) is 0 Å². The average Bonchev–Trinajstić information content (AvgIpc) is 3.01. The molecule has 0 unspecified atom stereocenters. The molecule has 1 aromatic carbocycles. The molecule has 7 heteroatoms. The zero-order chi connectivity index (χ0) is 23.5. The second-order valence-corrected chi connectivity index (χ2v) is 9.39. The van der Waals surface area contributed by atoms with E-state index in [1.807, 2.05) is 26.8 Å². The van der Waals surface area contributed by atoms with Crippen LogP contribution < -0.4 is 0 Å². The molecule has 0 radical (unpaired) electrons. The first kappa shape index (κ1) is 24.3. The lowest BCUT2D eigenvalue weighted by atomic mass is 9.69. The van der Waals surface area contributed by atoms with Gasteiger partial charge in [0, 0.05) is 6.42 Å². The first-order valence-corrected chi connectivity index (χ1v) is 11.2. The summed E-state index contributed by atoms with van der Waals surface area (Å²) in [4.78, 5) is 37.7. The predicted molar refractivity (Wildman–Crippen MR) is 124 cm³/mol. The van der Waals surface area contributed by atoms with Gasteiger partial charge in [-0.05, 0) is 70.0 Å². The largest absolute Gasteiger partial charge is 0.457 e. The van der Waals surface area contributed by atoms with E-state index in [-0.39, 0.29) is 29.2 Å². The lowest BCUT2D eigenvalue weighted by Gasteiger charge is -2.34. The highest BCUT2D eigenvalue weighted by Crippen LogP contribution is 2.45. The van der Waals surface area contributed by atoms with Crippen molar-refractivity contribution in [2.24, 2.45) is 5.41 Å². The first-order chi connectivity index (χ1) is 15.1. The molecule has 1 spiro atoms.